The van der Waals surface area contributed by atoms with Gasteiger partial charge < -0.3 is 15.3 Å². The first-order valence-corrected chi connectivity index (χ1v) is 10.2. The topological polar surface area (TPSA) is 77.8 Å². The molecule has 3 N–H and O–H groups in total. The van der Waals surface area contributed by atoms with Crippen LogP contribution in [0, 0.1) is 0 Å². The lowest BCUT2D eigenvalue weighted by molar-refractivity contribution is -0.137. The lowest BCUT2D eigenvalue weighted by Crippen LogP contribution is -2.03. The van der Waals surface area contributed by atoms with E-state index in [4.69, 9.17) is 15.3 Å². The second-order valence-corrected chi connectivity index (χ2v) is 6.76. The summed E-state index contributed by atoms with van der Waals surface area (Å²) in [5, 5.41) is 24.5. The van der Waals surface area contributed by atoms with Gasteiger partial charge in [0.15, 0.2) is 0 Å². The Morgan fingerprint density at radius 3 is 1.64 bits per heavy atom. The molecule has 0 rings (SSSR count). The fourth-order valence-corrected chi connectivity index (χ4v) is 2.35. The molecule has 0 aliphatic rings. The second-order valence-electron chi connectivity index (χ2n) is 6.76. The number of aliphatic hydroxyl groups excluding tert-OH is 2. The maximum absolute atomic E-state index is 10.3. The van der Waals surface area contributed by atoms with E-state index in [0.29, 0.717) is 6.42 Å². The highest BCUT2D eigenvalue weighted by Gasteiger charge is 1.95. The van der Waals surface area contributed by atoms with Crippen LogP contribution >= 0.6 is 0 Å². The van der Waals surface area contributed by atoms with Gasteiger partial charge in [0.2, 0.25) is 0 Å². The van der Waals surface area contributed by atoms with Gasteiger partial charge in [-0.2, -0.15) is 0 Å². The number of aliphatic hydroxyl groups is 2. The van der Waals surface area contributed by atoms with Crippen LogP contribution in [-0.2, 0) is 4.79 Å². The molecule has 0 radical (unpaired) electrons. The summed E-state index contributed by atoms with van der Waals surface area (Å²) < 4.78 is 0. The molecular formula is C21H42O4. The van der Waals surface area contributed by atoms with Crippen LogP contribution in [0.1, 0.15) is 104 Å². The van der Waals surface area contributed by atoms with Crippen LogP contribution in [0.5, 0.6) is 0 Å². The molecule has 0 aliphatic heterocycles. The first-order chi connectivity index (χ1) is 12.0. The zero-order chi connectivity index (χ0) is 19.2. The summed E-state index contributed by atoms with van der Waals surface area (Å²) in [5.74, 6) is -0.664. The number of allylic oxidation sites excluding steroid dienone is 2. The van der Waals surface area contributed by atoms with Crippen molar-refractivity contribution in [2.75, 3.05) is 6.61 Å². The van der Waals surface area contributed by atoms with Crippen LogP contribution in [0.3, 0.4) is 0 Å². The van der Waals surface area contributed by atoms with E-state index in [1.54, 1.807) is 0 Å². The molecule has 4 nitrogen and oxygen atoms in total. The highest BCUT2D eigenvalue weighted by Crippen LogP contribution is 2.09. The Kier molecular flexibility index (Phi) is 24.4. The van der Waals surface area contributed by atoms with E-state index in [1.807, 2.05) is 0 Å². The Balaban J connectivity index is 0. The van der Waals surface area contributed by atoms with Crippen LogP contribution in [0.25, 0.3) is 0 Å². The van der Waals surface area contributed by atoms with Crippen molar-refractivity contribution >= 4 is 5.97 Å². The van der Waals surface area contributed by atoms with Crippen LogP contribution < -0.4 is 0 Å². The molecule has 0 aromatic carbocycles. The Bertz CT molecular complexity index is 288. The molecule has 1 atom stereocenters. The molecule has 0 amide bonds. The third-order valence-electron chi connectivity index (χ3n) is 3.92. The van der Waals surface area contributed by atoms with Gasteiger partial charge >= 0.3 is 5.97 Å². The Labute approximate surface area is 155 Å². The van der Waals surface area contributed by atoms with E-state index in [-0.39, 0.29) is 6.61 Å². The van der Waals surface area contributed by atoms with E-state index in [2.05, 4.69) is 19.1 Å². The Morgan fingerprint density at radius 1 is 0.840 bits per heavy atom. The zero-order valence-electron chi connectivity index (χ0n) is 16.6. The van der Waals surface area contributed by atoms with Gasteiger partial charge in [0.1, 0.15) is 0 Å². The van der Waals surface area contributed by atoms with E-state index in [1.165, 1.54) is 77.6 Å². The Morgan fingerprint density at radius 2 is 1.24 bits per heavy atom. The molecule has 0 aromatic heterocycles. The summed E-state index contributed by atoms with van der Waals surface area (Å²) in [6, 6.07) is 0. The summed E-state index contributed by atoms with van der Waals surface area (Å²) in [7, 11) is 0. The van der Waals surface area contributed by atoms with Crippen molar-refractivity contribution < 1.29 is 20.1 Å². The number of hydrogen-bond donors (Lipinski definition) is 3. The number of carbonyl (C=O) groups is 1. The van der Waals surface area contributed by atoms with Crippen LogP contribution in [0.4, 0.5) is 0 Å². The first kappa shape index (κ1) is 26.4. The molecule has 0 aromatic rings. The molecule has 0 bridgehead atoms. The quantitative estimate of drug-likeness (QED) is 0.252. The average molecular weight is 359 g/mol. The number of carboxylic acids is 1. The summed E-state index contributed by atoms with van der Waals surface area (Å²) in [5.41, 5.74) is 0. The van der Waals surface area contributed by atoms with Crippen molar-refractivity contribution in [2.24, 2.45) is 0 Å². The molecule has 0 fully saturated rings. The third-order valence-corrected chi connectivity index (χ3v) is 3.92. The number of rotatable bonds is 16. The molecule has 0 spiro atoms. The van der Waals surface area contributed by atoms with Gasteiger partial charge in [-0.1, -0.05) is 70.4 Å². The van der Waals surface area contributed by atoms with Crippen molar-refractivity contribution in [2.45, 2.75) is 110 Å². The van der Waals surface area contributed by atoms with Gasteiger partial charge in [-0.05, 0) is 39.0 Å². The number of unbranched alkanes of at least 4 members (excludes halogenated alkanes) is 11. The smallest absolute Gasteiger partial charge is 0.303 e. The minimum Gasteiger partial charge on any atom is -0.481 e. The number of hydrogen-bond acceptors (Lipinski definition) is 3. The molecule has 4 heteroatoms. The third kappa shape index (κ3) is 31.4. The number of aliphatic carboxylic acids is 1. The maximum atomic E-state index is 10.3. The largest absolute Gasteiger partial charge is 0.481 e. The van der Waals surface area contributed by atoms with E-state index < -0.39 is 12.1 Å². The van der Waals surface area contributed by atoms with Crippen LogP contribution in [0.2, 0.25) is 0 Å². The van der Waals surface area contributed by atoms with Gasteiger partial charge in [0.05, 0.1) is 12.7 Å². The van der Waals surface area contributed by atoms with Crippen molar-refractivity contribution in [3.05, 3.63) is 12.2 Å². The Hall–Kier alpha value is -0.870. The second kappa shape index (κ2) is 23.1. The van der Waals surface area contributed by atoms with E-state index in [0.717, 1.165) is 12.8 Å². The van der Waals surface area contributed by atoms with Gasteiger partial charge in [0, 0.05) is 6.42 Å². The fourth-order valence-electron chi connectivity index (χ4n) is 2.35. The van der Waals surface area contributed by atoms with Crippen molar-refractivity contribution in [1.82, 2.24) is 0 Å². The predicted octanol–water partition coefficient (Wildman–Crippen LogP) is 5.47. The minimum atomic E-state index is -0.664. The molecule has 150 valence electrons. The summed E-state index contributed by atoms with van der Waals surface area (Å²) >= 11 is 0. The summed E-state index contributed by atoms with van der Waals surface area (Å²) in [6.45, 7) is 3.65. The molecule has 0 saturated carbocycles. The van der Waals surface area contributed by atoms with E-state index in [9.17, 15) is 4.79 Å². The highest BCUT2D eigenvalue weighted by molar-refractivity contribution is 5.66. The average Bonchev–Trinajstić information content (AvgIpc) is 2.58. The van der Waals surface area contributed by atoms with Crippen molar-refractivity contribution in [3.63, 3.8) is 0 Å². The van der Waals surface area contributed by atoms with Gasteiger partial charge in [-0.3, -0.25) is 4.79 Å². The van der Waals surface area contributed by atoms with Crippen LogP contribution in [-0.4, -0.2) is 34.0 Å². The van der Waals surface area contributed by atoms with Crippen molar-refractivity contribution in [1.29, 1.82) is 0 Å². The standard InChI is InChI=1S/C18H34O2.C3H8O2/c1-2-3-4-5-6-7-8-9-10-11-12-13-14-15-16-17-18(19)20;1-3(5)2-4/h9-10H,2-8,11-17H2,1H3,(H,19,20);3-5H,2H2,1H3/b10-9+;. The van der Waals surface area contributed by atoms with Gasteiger partial charge in [0.25, 0.3) is 0 Å². The molecule has 1 unspecified atom stereocenters. The molecule has 25 heavy (non-hydrogen) atoms. The highest BCUT2D eigenvalue weighted by atomic mass is 16.4. The zero-order valence-corrected chi connectivity index (χ0v) is 16.6. The fraction of sp³-hybridized carbons (Fsp3) is 0.857. The summed E-state index contributed by atoms with van der Waals surface area (Å²) in [6.07, 6.45) is 20.7. The lowest BCUT2D eigenvalue weighted by atomic mass is 10.1. The molecule has 0 heterocycles. The van der Waals surface area contributed by atoms with E-state index >= 15 is 0 Å². The van der Waals surface area contributed by atoms with Gasteiger partial charge in [-0.25, -0.2) is 0 Å². The normalized spacial score (nSPS) is 12.0. The predicted molar refractivity (Wildman–Crippen MR) is 106 cm³/mol. The maximum Gasteiger partial charge on any atom is 0.303 e. The SMILES string of the molecule is CC(O)CO.CCCCCCCC/C=C/CCCCCCCC(=O)O. The minimum absolute atomic E-state index is 0.139. The number of carboxylic acid groups (broad SMARTS) is 1. The lowest BCUT2D eigenvalue weighted by Gasteiger charge is -1.99. The van der Waals surface area contributed by atoms with Crippen molar-refractivity contribution in [3.8, 4) is 0 Å². The molecule has 0 aliphatic carbocycles. The molecular weight excluding hydrogens is 316 g/mol. The van der Waals surface area contributed by atoms with Gasteiger partial charge in [-0.15, -0.1) is 0 Å². The summed E-state index contributed by atoms with van der Waals surface area (Å²) in [4.78, 5) is 10.3. The molecule has 0 saturated heterocycles. The van der Waals surface area contributed by atoms with Crippen LogP contribution in [0.15, 0.2) is 12.2 Å². The first-order valence-electron chi connectivity index (χ1n) is 10.2. The monoisotopic (exact) mass is 358 g/mol.